The average Bonchev–Trinajstić information content (AvgIpc) is 2.27. The standard InChI is InChI=1S/C12H13NO3/c1-3-15-12(14)16-11(8-13)10-7-5-4-6-9(10)2/h4-7,11H,3H2,1-2H3. The molecule has 1 atom stereocenters. The largest absolute Gasteiger partial charge is 0.509 e. The molecule has 0 bridgehead atoms. The lowest BCUT2D eigenvalue weighted by atomic mass is 10.0. The molecule has 1 rings (SSSR count). The van der Waals surface area contributed by atoms with Crippen molar-refractivity contribution < 1.29 is 14.3 Å². The average molecular weight is 219 g/mol. The van der Waals surface area contributed by atoms with Crippen molar-refractivity contribution in [3.63, 3.8) is 0 Å². The Labute approximate surface area is 94.4 Å². The molecule has 1 unspecified atom stereocenters. The highest BCUT2D eigenvalue weighted by atomic mass is 16.7. The van der Waals surface area contributed by atoms with Crippen molar-refractivity contribution in [3.05, 3.63) is 35.4 Å². The minimum Gasteiger partial charge on any atom is -0.435 e. The van der Waals surface area contributed by atoms with Crippen molar-refractivity contribution in [2.45, 2.75) is 20.0 Å². The van der Waals surface area contributed by atoms with Crippen LogP contribution in [0.5, 0.6) is 0 Å². The van der Waals surface area contributed by atoms with Crippen molar-refractivity contribution in [3.8, 4) is 6.07 Å². The summed E-state index contributed by atoms with van der Waals surface area (Å²) in [6.07, 6.45) is -1.74. The number of carbonyl (C=O) groups excluding carboxylic acids is 1. The fourth-order valence-corrected chi connectivity index (χ4v) is 1.29. The van der Waals surface area contributed by atoms with E-state index in [0.29, 0.717) is 5.56 Å². The first-order valence-corrected chi connectivity index (χ1v) is 4.97. The number of nitrogens with zero attached hydrogens (tertiary/aromatic N) is 1. The van der Waals surface area contributed by atoms with E-state index in [1.54, 1.807) is 19.1 Å². The van der Waals surface area contributed by atoms with Crippen LogP contribution >= 0.6 is 0 Å². The molecule has 0 saturated carbocycles. The Balaban J connectivity index is 2.80. The second-order valence-electron chi connectivity index (χ2n) is 3.17. The lowest BCUT2D eigenvalue weighted by Gasteiger charge is -2.12. The van der Waals surface area contributed by atoms with Gasteiger partial charge in [0.05, 0.1) is 6.61 Å². The fourth-order valence-electron chi connectivity index (χ4n) is 1.29. The zero-order chi connectivity index (χ0) is 12.0. The topological polar surface area (TPSA) is 59.3 Å². The van der Waals surface area contributed by atoms with Crippen LogP contribution in [0.3, 0.4) is 0 Å². The summed E-state index contributed by atoms with van der Waals surface area (Å²) in [7, 11) is 0. The van der Waals surface area contributed by atoms with Crippen LogP contribution in [0, 0.1) is 18.3 Å². The zero-order valence-electron chi connectivity index (χ0n) is 9.27. The molecule has 4 heteroatoms. The summed E-state index contributed by atoms with van der Waals surface area (Å²) < 4.78 is 9.51. The van der Waals surface area contributed by atoms with E-state index in [1.165, 1.54) is 0 Å². The van der Waals surface area contributed by atoms with Gasteiger partial charge in [-0.25, -0.2) is 4.79 Å². The molecule has 0 fully saturated rings. The number of hydrogen-bond donors (Lipinski definition) is 0. The van der Waals surface area contributed by atoms with Gasteiger partial charge in [-0.05, 0) is 19.4 Å². The first kappa shape index (κ1) is 12.1. The van der Waals surface area contributed by atoms with Crippen LogP contribution in [-0.4, -0.2) is 12.8 Å². The van der Waals surface area contributed by atoms with Crippen LogP contribution in [0.25, 0.3) is 0 Å². The second-order valence-corrected chi connectivity index (χ2v) is 3.17. The summed E-state index contributed by atoms with van der Waals surface area (Å²) in [5.74, 6) is 0. The quantitative estimate of drug-likeness (QED) is 0.733. The predicted molar refractivity (Wildman–Crippen MR) is 57.6 cm³/mol. The minimum absolute atomic E-state index is 0.227. The van der Waals surface area contributed by atoms with E-state index in [4.69, 9.17) is 10.00 Å². The van der Waals surface area contributed by atoms with E-state index < -0.39 is 12.3 Å². The minimum atomic E-state index is -0.916. The summed E-state index contributed by atoms with van der Waals surface area (Å²) in [5, 5.41) is 8.94. The summed E-state index contributed by atoms with van der Waals surface area (Å²) in [6, 6.07) is 9.18. The van der Waals surface area contributed by atoms with Crippen LogP contribution in [0.15, 0.2) is 24.3 Å². The van der Waals surface area contributed by atoms with Crippen molar-refractivity contribution in [1.82, 2.24) is 0 Å². The van der Waals surface area contributed by atoms with Gasteiger partial charge in [-0.15, -0.1) is 0 Å². The van der Waals surface area contributed by atoms with Crippen LogP contribution in [0.4, 0.5) is 4.79 Å². The Morgan fingerprint density at radius 2 is 2.19 bits per heavy atom. The van der Waals surface area contributed by atoms with Crippen LogP contribution in [-0.2, 0) is 9.47 Å². The number of rotatable bonds is 3. The summed E-state index contributed by atoms with van der Waals surface area (Å²) >= 11 is 0. The third kappa shape index (κ3) is 2.99. The van der Waals surface area contributed by atoms with Gasteiger partial charge >= 0.3 is 6.16 Å². The molecular weight excluding hydrogens is 206 g/mol. The highest BCUT2D eigenvalue weighted by Crippen LogP contribution is 2.20. The zero-order valence-corrected chi connectivity index (χ0v) is 9.27. The lowest BCUT2D eigenvalue weighted by Crippen LogP contribution is -2.12. The van der Waals surface area contributed by atoms with Crippen LogP contribution in [0.2, 0.25) is 0 Å². The SMILES string of the molecule is CCOC(=O)OC(C#N)c1ccccc1C. The number of carbonyl (C=O) groups is 1. The number of hydrogen-bond acceptors (Lipinski definition) is 4. The number of benzene rings is 1. The first-order chi connectivity index (χ1) is 7.69. The number of ether oxygens (including phenoxy) is 2. The fraction of sp³-hybridized carbons (Fsp3) is 0.333. The molecule has 0 aliphatic carbocycles. The smallest absolute Gasteiger partial charge is 0.435 e. The Bertz CT molecular complexity index is 409. The highest BCUT2D eigenvalue weighted by Gasteiger charge is 2.18. The Morgan fingerprint density at radius 3 is 2.75 bits per heavy atom. The molecule has 1 aromatic rings. The molecule has 0 amide bonds. The summed E-state index contributed by atoms with van der Waals surface area (Å²) in [6.45, 7) is 3.76. The Kier molecular flexibility index (Phi) is 4.34. The van der Waals surface area contributed by atoms with Crippen molar-refractivity contribution in [2.75, 3.05) is 6.61 Å². The van der Waals surface area contributed by atoms with Gasteiger partial charge in [0.25, 0.3) is 0 Å². The summed E-state index contributed by atoms with van der Waals surface area (Å²) in [5.41, 5.74) is 1.58. The Hall–Kier alpha value is -2.02. The third-order valence-corrected chi connectivity index (χ3v) is 2.06. The van der Waals surface area contributed by atoms with E-state index in [2.05, 4.69) is 4.74 Å². The van der Waals surface area contributed by atoms with Crippen LogP contribution < -0.4 is 0 Å². The molecule has 0 aliphatic heterocycles. The molecule has 0 aliphatic rings. The molecule has 0 aromatic heterocycles. The van der Waals surface area contributed by atoms with E-state index in [-0.39, 0.29) is 6.61 Å². The molecule has 0 heterocycles. The molecular formula is C12H13NO3. The predicted octanol–water partition coefficient (Wildman–Crippen LogP) is 2.73. The molecule has 0 N–H and O–H groups in total. The van der Waals surface area contributed by atoms with Gasteiger partial charge in [-0.3, -0.25) is 0 Å². The number of nitriles is 1. The monoisotopic (exact) mass is 219 g/mol. The molecule has 4 nitrogen and oxygen atoms in total. The lowest BCUT2D eigenvalue weighted by molar-refractivity contribution is 0.0420. The van der Waals surface area contributed by atoms with Crippen molar-refractivity contribution >= 4 is 6.16 Å². The van der Waals surface area contributed by atoms with E-state index in [9.17, 15) is 4.79 Å². The second kappa shape index (κ2) is 5.76. The maximum absolute atomic E-state index is 11.1. The normalized spacial score (nSPS) is 11.3. The van der Waals surface area contributed by atoms with Gasteiger partial charge in [0, 0.05) is 5.56 Å². The van der Waals surface area contributed by atoms with Crippen molar-refractivity contribution in [1.29, 1.82) is 5.26 Å². The van der Waals surface area contributed by atoms with E-state index >= 15 is 0 Å². The third-order valence-electron chi connectivity index (χ3n) is 2.06. The highest BCUT2D eigenvalue weighted by molar-refractivity contribution is 5.60. The van der Waals surface area contributed by atoms with Gasteiger partial charge in [-0.1, -0.05) is 24.3 Å². The maximum Gasteiger partial charge on any atom is 0.509 e. The maximum atomic E-state index is 11.1. The van der Waals surface area contributed by atoms with Crippen LogP contribution in [0.1, 0.15) is 24.2 Å². The van der Waals surface area contributed by atoms with Gasteiger partial charge in [0.2, 0.25) is 6.10 Å². The molecule has 0 saturated heterocycles. The Morgan fingerprint density at radius 1 is 1.50 bits per heavy atom. The van der Waals surface area contributed by atoms with Crippen molar-refractivity contribution in [2.24, 2.45) is 0 Å². The molecule has 84 valence electrons. The van der Waals surface area contributed by atoms with Gasteiger partial charge in [0.1, 0.15) is 6.07 Å². The number of aryl methyl sites for hydroxylation is 1. The van der Waals surface area contributed by atoms with Gasteiger partial charge < -0.3 is 9.47 Å². The molecule has 0 spiro atoms. The molecule has 16 heavy (non-hydrogen) atoms. The van der Waals surface area contributed by atoms with Gasteiger partial charge in [-0.2, -0.15) is 5.26 Å². The van der Waals surface area contributed by atoms with E-state index in [0.717, 1.165) is 5.56 Å². The molecule has 0 radical (unpaired) electrons. The van der Waals surface area contributed by atoms with E-state index in [1.807, 2.05) is 25.1 Å². The first-order valence-electron chi connectivity index (χ1n) is 4.97. The molecule has 1 aromatic carbocycles. The summed E-state index contributed by atoms with van der Waals surface area (Å²) in [4.78, 5) is 11.1. The van der Waals surface area contributed by atoms with Gasteiger partial charge in [0.15, 0.2) is 0 Å².